The number of benzene rings is 1. The van der Waals surface area contributed by atoms with E-state index in [-0.39, 0.29) is 0 Å². The van der Waals surface area contributed by atoms with Gasteiger partial charge < -0.3 is 0 Å². The first-order valence-corrected chi connectivity index (χ1v) is 9.91. The summed E-state index contributed by atoms with van der Waals surface area (Å²) in [5, 5.41) is 5.59. The van der Waals surface area contributed by atoms with Gasteiger partial charge in [-0.1, -0.05) is 22.0 Å². The number of likely N-dealkylation sites (tertiary alicyclic amines) is 1. The van der Waals surface area contributed by atoms with Crippen molar-refractivity contribution in [2.75, 3.05) is 13.1 Å². The Morgan fingerprint density at radius 3 is 3.04 bits per heavy atom. The summed E-state index contributed by atoms with van der Waals surface area (Å²) in [5.74, 6) is 1.17. The highest BCUT2D eigenvalue weighted by Gasteiger charge is 2.24. The minimum Gasteiger partial charge on any atom is -0.298 e. The van der Waals surface area contributed by atoms with Crippen LogP contribution in [0.25, 0.3) is 5.78 Å². The molecule has 5 nitrogen and oxygen atoms in total. The first-order chi connectivity index (χ1) is 12.1. The average molecular weight is 418 g/mol. The van der Waals surface area contributed by atoms with Gasteiger partial charge in [0, 0.05) is 29.2 Å². The SMILES string of the molecule is Cc1cc(C2CCCN(Cc3ccc(Br)c(P)c3)C2)n2ncnc2n1. The van der Waals surface area contributed by atoms with Gasteiger partial charge in [-0.05, 0) is 55.4 Å². The van der Waals surface area contributed by atoms with E-state index in [1.54, 1.807) is 6.33 Å². The van der Waals surface area contributed by atoms with Crippen molar-refractivity contribution in [3.8, 4) is 0 Å². The Morgan fingerprint density at radius 2 is 2.20 bits per heavy atom. The lowest BCUT2D eigenvalue weighted by atomic mass is 9.93. The van der Waals surface area contributed by atoms with Crippen LogP contribution in [0, 0.1) is 6.92 Å². The minimum atomic E-state index is 0.463. The summed E-state index contributed by atoms with van der Waals surface area (Å²) in [6.45, 7) is 5.20. The van der Waals surface area contributed by atoms with Crippen LogP contribution in [0.1, 0.15) is 35.7 Å². The van der Waals surface area contributed by atoms with E-state index in [9.17, 15) is 0 Å². The number of aromatic nitrogens is 4. The van der Waals surface area contributed by atoms with Crippen molar-refractivity contribution in [2.45, 2.75) is 32.2 Å². The Bertz CT molecular complexity index is 910. The molecule has 130 valence electrons. The van der Waals surface area contributed by atoms with Gasteiger partial charge in [-0.3, -0.25) is 4.90 Å². The quantitative estimate of drug-likeness (QED) is 0.614. The lowest BCUT2D eigenvalue weighted by Crippen LogP contribution is -2.34. The molecule has 1 fully saturated rings. The van der Waals surface area contributed by atoms with E-state index in [2.05, 4.69) is 69.4 Å². The van der Waals surface area contributed by atoms with Gasteiger partial charge in [0.2, 0.25) is 0 Å². The van der Waals surface area contributed by atoms with Gasteiger partial charge in [0.1, 0.15) is 6.33 Å². The summed E-state index contributed by atoms with van der Waals surface area (Å²) in [4.78, 5) is 11.3. The van der Waals surface area contributed by atoms with Gasteiger partial charge in [0.15, 0.2) is 0 Å². The molecule has 7 heteroatoms. The molecule has 0 amide bonds. The molecule has 0 saturated carbocycles. The second-order valence-corrected chi connectivity index (χ2v) is 8.20. The number of hydrogen-bond donors (Lipinski definition) is 0. The molecule has 0 N–H and O–H groups in total. The predicted molar refractivity (Wildman–Crippen MR) is 106 cm³/mol. The number of nitrogens with zero attached hydrogens (tertiary/aromatic N) is 5. The Labute approximate surface area is 158 Å². The second-order valence-electron chi connectivity index (χ2n) is 6.72. The van der Waals surface area contributed by atoms with Crippen molar-refractivity contribution in [3.63, 3.8) is 0 Å². The van der Waals surface area contributed by atoms with E-state index in [4.69, 9.17) is 0 Å². The molecule has 0 bridgehead atoms. The molecule has 2 aromatic heterocycles. The third kappa shape index (κ3) is 3.62. The highest BCUT2D eigenvalue weighted by atomic mass is 79.9. The summed E-state index contributed by atoms with van der Waals surface area (Å²) in [6, 6.07) is 8.73. The average Bonchev–Trinajstić information content (AvgIpc) is 3.06. The van der Waals surface area contributed by atoms with E-state index >= 15 is 0 Å². The fourth-order valence-corrected chi connectivity index (χ4v) is 4.20. The van der Waals surface area contributed by atoms with Gasteiger partial charge in [-0.2, -0.15) is 10.1 Å². The van der Waals surface area contributed by atoms with Crippen LogP contribution in [0.3, 0.4) is 0 Å². The molecule has 3 heterocycles. The van der Waals surface area contributed by atoms with Gasteiger partial charge in [0.25, 0.3) is 5.78 Å². The third-order valence-corrected chi connectivity index (χ3v) is 6.42. The van der Waals surface area contributed by atoms with E-state index < -0.39 is 0 Å². The zero-order valence-electron chi connectivity index (χ0n) is 14.2. The van der Waals surface area contributed by atoms with E-state index in [1.807, 2.05) is 11.4 Å². The minimum absolute atomic E-state index is 0.463. The number of halogens is 1. The van der Waals surface area contributed by atoms with Crippen LogP contribution in [-0.2, 0) is 6.54 Å². The topological polar surface area (TPSA) is 46.3 Å². The van der Waals surface area contributed by atoms with E-state index in [0.29, 0.717) is 11.7 Å². The maximum Gasteiger partial charge on any atom is 0.252 e. The largest absolute Gasteiger partial charge is 0.298 e. The van der Waals surface area contributed by atoms with Crippen LogP contribution < -0.4 is 5.30 Å². The van der Waals surface area contributed by atoms with Crippen LogP contribution >= 0.6 is 25.2 Å². The fraction of sp³-hybridized carbons (Fsp3) is 0.389. The summed E-state index contributed by atoms with van der Waals surface area (Å²) in [5.41, 5.74) is 3.59. The molecule has 0 radical (unpaired) electrons. The zero-order chi connectivity index (χ0) is 17.4. The van der Waals surface area contributed by atoms with E-state index in [0.717, 1.165) is 29.8 Å². The summed E-state index contributed by atoms with van der Waals surface area (Å²) >= 11 is 3.56. The summed E-state index contributed by atoms with van der Waals surface area (Å²) in [7, 11) is 2.79. The van der Waals surface area contributed by atoms with Crippen LogP contribution in [0.15, 0.2) is 35.1 Å². The molecule has 0 spiro atoms. The Balaban J connectivity index is 1.56. The lowest BCUT2D eigenvalue weighted by Gasteiger charge is -2.33. The molecule has 2 unspecified atom stereocenters. The second kappa shape index (κ2) is 7.10. The molecule has 1 aliphatic heterocycles. The fourth-order valence-electron chi connectivity index (χ4n) is 3.64. The van der Waals surface area contributed by atoms with Gasteiger partial charge >= 0.3 is 0 Å². The monoisotopic (exact) mass is 417 g/mol. The van der Waals surface area contributed by atoms with Crippen LogP contribution in [-0.4, -0.2) is 37.6 Å². The van der Waals surface area contributed by atoms with Crippen molar-refractivity contribution in [1.29, 1.82) is 0 Å². The van der Waals surface area contributed by atoms with Crippen molar-refractivity contribution in [1.82, 2.24) is 24.5 Å². The van der Waals surface area contributed by atoms with Gasteiger partial charge in [-0.15, -0.1) is 9.24 Å². The number of fused-ring (bicyclic) bond motifs is 1. The highest BCUT2D eigenvalue weighted by molar-refractivity contribution is 9.10. The first kappa shape index (κ1) is 17.1. The Morgan fingerprint density at radius 1 is 1.32 bits per heavy atom. The number of piperidine rings is 1. The molecule has 3 aromatic rings. The molecule has 2 atom stereocenters. The van der Waals surface area contributed by atoms with Gasteiger partial charge in [0.05, 0.1) is 5.69 Å². The first-order valence-electron chi connectivity index (χ1n) is 8.53. The maximum atomic E-state index is 4.46. The molecule has 25 heavy (non-hydrogen) atoms. The maximum absolute atomic E-state index is 4.46. The number of rotatable bonds is 3. The smallest absolute Gasteiger partial charge is 0.252 e. The van der Waals surface area contributed by atoms with Crippen molar-refractivity contribution in [2.24, 2.45) is 0 Å². The van der Waals surface area contributed by atoms with Crippen LogP contribution in [0.4, 0.5) is 0 Å². The molecule has 1 saturated heterocycles. The van der Waals surface area contributed by atoms with Crippen molar-refractivity contribution < 1.29 is 0 Å². The zero-order valence-corrected chi connectivity index (χ0v) is 16.9. The van der Waals surface area contributed by atoms with Gasteiger partial charge in [-0.25, -0.2) is 9.50 Å². The molecule has 1 aliphatic rings. The molecular weight excluding hydrogens is 397 g/mol. The van der Waals surface area contributed by atoms with Crippen LogP contribution in [0.2, 0.25) is 0 Å². The predicted octanol–water partition coefficient (Wildman–Crippen LogP) is 3.08. The number of aryl methyl sites for hydroxylation is 1. The lowest BCUT2D eigenvalue weighted by molar-refractivity contribution is 0.197. The summed E-state index contributed by atoms with van der Waals surface area (Å²) < 4.78 is 3.04. The Hall–Kier alpha value is -1.36. The number of hydrogen-bond acceptors (Lipinski definition) is 4. The molecule has 1 aromatic carbocycles. The van der Waals surface area contributed by atoms with Crippen molar-refractivity contribution >= 4 is 36.3 Å². The normalized spacial score (nSPS) is 18.8. The molecule has 4 rings (SSSR count). The third-order valence-electron chi connectivity index (χ3n) is 4.80. The molecular formula is C18H21BrN5P. The summed E-state index contributed by atoms with van der Waals surface area (Å²) in [6.07, 6.45) is 3.98. The Kier molecular flexibility index (Phi) is 4.85. The molecule has 0 aliphatic carbocycles. The highest BCUT2D eigenvalue weighted by Crippen LogP contribution is 2.28. The van der Waals surface area contributed by atoms with E-state index in [1.165, 1.54) is 29.4 Å². The van der Waals surface area contributed by atoms with Crippen molar-refractivity contribution in [3.05, 3.63) is 52.0 Å². The standard InChI is InChI=1S/C18H21BrN5P/c1-12-7-16(24-18(22-12)20-11-21-24)14-3-2-6-23(10-14)9-13-4-5-15(19)17(25)8-13/h4-5,7-8,11,14H,2-3,6,9-10,25H2,1H3. The van der Waals surface area contributed by atoms with Crippen LogP contribution in [0.5, 0.6) is 0 Å².